The lowest BCUT2D eigenvalue weighted by molar-refractivity contribution is 0.101. The molecule has 0 bridgehead atoms. The second kappa shape index (κ2) is 6.28. The third-order valence-electron chi connectivity index (χ3n) is 2.50. The van der Waals surface area contributed by atoms with E-state index in [9.17, 15) is 14.7 Å². The molecule has 0 radical (unpaired) electrons. The standard InChI is InChI=1S/C13H17NO4/c1-8(16)10-3-11(9(2)17)5-12(4-10)14-6-13(18)7-15/h3-5,13-15,18H,6-7H2,1-2H3. The van der Waals surface area contributed by atoms with Crippen LogP contribution in [-0.2, 0) is 0 Å². The molecule has 1 unspecified atom stereocenters. The van der Waals surface area contributed by atoms with Gasteiger partial charge in [0.2, 0.25) is 0 Å². The zero-order chi connectivity index (χ0) is 13.7. The molecule has 18 heavy (non-hydrogen) atoms. The summed E-state index contributed by atoms with van der Waals surface area (Å²) in [4.78, 5) is 22.7. The summed E-state index contributed by atoms with van der Waals surface area (Å²) in [6.45, 7) is 2.64. The maximum absolute atomic E-state index is 11.3. The van der Waals surface area contributed by atoms with Crippen LogP contribution in [0.5, 0.6) is 0 Å². The zero-order valence-corrected chi connectivity index (χ0v) is 10.4. The van der Waals surface area contributed by atoms with Crippen LogP contribution in [0.4, 0.5) is 5.69 Å². The first kappa shape index (κ1) is 14.3. The molecule has 0 aromatic heterocycles. The van der Waals surface area contributed by atoms with Gasteiger partial charge in [0.1, 0.15) is 0 Å². The number of carbonyl (C=O) groups is 2. The molecule has 0 aliphatic rings. The van der Waals surface area contributed by atoms with Crippen LogP contribution < -0.4 is 5.32 Å². The lowest BCUT2D eigenvalue weighted by Crippen LogP contribution is -2.23. The Hall–Kier alpha value is -1.72. The molecule has 0 spiro atoms. The van der Waals surface area contributed by atoms with Gasteiger partial charge in [0, 0.05) is 23.4 Å². The van der Waals surface area contributed by atoms with Gasteiger partial charge in [0.15, 0.2) is 11.6 Å². The summed E-state index contributed by atoms with van der Waals surface area (Å²) in [5, 5.41) is 20.8. The van der Waals surface area contributed by atoms with E-state index in [-0.39, 0.29) is 24.7 Å². The second-order valence-corrected chi connectivity index (χ2v) is 4.13. The largest absolute Gasteiger partial charge is 0.394 e. The van der Waals surface area contributed by atoms with E-state index in [0.717, 1.165) is 0 Å². The molecule has 0 amide bonds. The number of carbonyl (C=O) groups excluding carboxylic acids is 2. The van der Waals surface area contributed by atoms with E-state index in [1.54, 1.807) is 12.1 Å². The maximum atomic E-state index is 11.3. The monoisotopic (exact) mass is 251 g/mol. The molecular weight excluding hydrogens is 234 g/mol. The highest BCUT2D eigenvalue weighted by molar-refractivity contribution is 6.01. The summed E-state index contributed by atoms with van der Waals surface area (Å²) in [5.41, 5.74) is 1.44. The maximum Gasteiger partial charge on any atom is 0.159 e. The number of benzene rings is 1. The minimum atomic E-state index is -0.883. The molecule has 5 heteroatoms. The van der Waals surface area contributed by atoms with Crippen molar-refractivity contribution in [3.05, 3.63) is 29.3 Å². The van der Waals surface area contributed by atoms with Crippen LogP contribution in [0.15, 0.2) is 18.2 Å². The SMILES string of the molecule is CC(=O)c1cc(NCC(O)CO)cc(C(C)=O)c1. The van der Waals surface area contributed by atoms with Crippen molar-refractivity contribution < 1.29 is 19.8 Å². The molecule has 0 saturated heterocycles. The molecule has 0 fully saturated rings. The van der Waals surface area contributed by atoms with Crippen molar-refractivity contribution in [1.29, 1.82) is 0 Å². The average Bonchev–Trinajstić information content (AvgIpc) is 2.35. The van der Waals surface area contributed by atoms with Gasteiger partial charge in [-0.05, 0) is 32.0 Å². The topological polar surface area (TPSA) is 86.6 Å². The first-order valence-electron chi connectivity index (χ1n) is 5.63. The molecule has 0 heterocycles. The fourth-order valence-electron chi connectivity index (χ4n) is 1.44. The Bertz CT molecular complexity index is 424. The number of anilines is 1. The predicted octanol–water partition coefficient (Wildman–Crippen LogP) is 0.857. The second-order valence-electron chi connectivity index (χ2n) is 4.13. The normalized spacial score (nSPS) is 12.0. The Labute approximate surface area is 105 Å². The van der Waals surface area contributed by atoms with Gasteiger partial charge in [0.05, 0.1) is 12.7 Å². The third-order valence-corrected chi connectivity index (χ3v) is 2.50. The molecule has 1 aromatic carbocycles. The third kappa shape index (κ3) is 3.94. The molecule has 1 aromatic rings. The molecular formula is C13H17NO4. The minimum absolute atomic E-state index is 0.135. The van der Waals surface area contributed by atoms with Gasteiger partial charge in [-0.3, -0.25) is 9.59 Å². The van der Waals surface area contributed by atoms with Crippen molar-refractivity contribution >= 4 is 17.3 Å². The van der Waals surface area contributed by atoms with Gasteiger partial charge in [-0.15, -0.1) is 0 Å². The highest BCUT2D eigenvalue weighted by Gasteiger charge is 2.09. The van der Waals surface area contributed by atoms with E-state index in [2.05, 4.69) is 5.32 Å². The van der Waals surface area contributed by atoms with Gasteiger partial charge < -0.3 is 15.5 Å². The summed E-state index contributed by atoms with van der Waals surface area (Å²) < 4.78 is 0. The van der Waals surface area contributed by atoms with E-state index in [0.29, 0.717) is 16.8 Å². The summed E-state index contributed by atoms with van der Waals surface area (Å²) in [6.07, 6.45) is -0.883. The quantitative estimate of drug-likeness (QED) is 0.653. The van der Waals surface area contributed by atoms with Crippen molar-refractivity contribution in [3.8, 4) is 0 Å². The highest BCUT2D eigenvalue weighted by Crippen LogP contribution is 2.16. The first-order valence-corrected chi connectivity index (χ1v) is 5.63. The Morgan fingerprint density at radius 3 is 2.06 bits per heavy atom. The number of rotatable bonds is 6. The van der Waals surface area contributed by atoms with E-state index in [1.165, 1.54) is 19.9 Å². The number of aliphatic hydroxyl groups is 2. The van der Waals surface area contributed by atoms with Gasteiger partial charge in [-0.1, -0.05) is 0 Å². The molecule has 98 valence electrons. The van der Waals surface area contributed by atoms with Crippen LogP contribution in [0, 0.1) is 0 Å². The number of hydrogen-bond donors (Lipinski definition) is 3. The Morgan fingerprint density at radius 2 is 1.67 bits per heavy atom. The van der Waals surface area contributed by atoms with Gasteiger partial charge >= 0.3 is 0 Å². The Balaban J connectivity index is 2.96. The molecule has 3 N–H and O–H groups in total. The van der Waals surface area contributed by atoms with E-state index in [1.807, 2.05) is 0 Å². The number of Topliss-reactive ketones (excluding diaryl/α,β-unsaturated/α-hetero) is 2. The number of nitrogens with one attached hydrogen (secondary N) is 1. The van der Waals surface area contributed by atoms with Crippen molar-refractivity contribution in [1.82, 2.24) is 0 Å². The van der Waals surface area contributed by atoms with Crippen LogP contribution in [0.3, 0.4) is 0 Å². The van der Waals surface area contributed by atoms with Crippen LogP contribution in [0.1, 0.15) is 34.6 Å². The average molecular weight is 251 g/mol. The smallest absolute Gasteiger partial charge is 0.159 e. The van der Waals surface area contributed by atoms with Gasteiger partial charge in [0.25, 0.3) is 0 Å². The van der Waals surface area contributed by atoms with Gasteiger partial charge in [-0.2, -0.15) is 0 Å². The molecule has 0 aliphatic carbocycles. The van der Waals surface area contributed by atoms with Crippen LogP contribution in [-0.4, -0.2) is 41.0 Å². The van der Waals surface area contributed by atoms with E-state index in [4.69, 9.17) is 5.11 Å². The van der Waals surface area contributed by atoms with E-state index < -0.39 is 6.10 Å². The molecule has 1 rings (SSSR count). The van der Waals surface area contributed by atoms with Crippen LogP contribution >= 0.6 is 0 Å². The summed E-state index contributed by atoms with van der Waals surface area (Å²) in [5.74, 6) is -0.271. The zero-order valence-electron chi connectivity index (χ0n) is 10.4. The van der Waals surface area contributed by atoms with Gasteiger partial charge in [-0.25, -0.2) is 0 Å². The van der Waals surface area contributed by atoms with Crippen molar-refractivity contribution in [2.75, 3.05) is 18.5 Å². The first-order chi connectivity index (χ1) is 8.43. The van der Waals surface area contributed by atoms with Crippen molar-refractivity contribution in [3.63, 3.8) is 0 Å². The highest BCUT2D eigenvalue weighted by atomic mass is 16.3. The minimum Gasteiger partial charge on any atom is -0.394 e. The summed E-state index contributed by atoms with van der Waals surface area (Å²) in [6, 6.07) is 4.76. The Kier molecular flexibility index (Phi) is 5.00. The number of aliphatic hydroxyl groups excluding tert-OH is 2. The van der Waals surface area contributed by atoms with E-state index >= 15 is 0 Å². The van der Waals surface area contributed by atoms with Crippen molar-refractivity contribution in [2.45, 2.75) is 20.0 Å². The van der Waals surface area contributed by atoms with Crippen LogP contribution in [0.25, 0.3) is 0 Å². The fraction of sp³-hybridized carbons (Fsp3) is 0.385. The molecule has 0 aliphatic heterocycles. The number of ketones is 2. The molecule has 1 atom stereocenters. The Morgan fingerprint density at radius 1 is 1.17 bits per heavy atom. The molecule has 5 nitrogen and oxygen atoms in total. The van der Waals surface area contributed by atoms with Crippen LogP contribution in [0.2, 0.25) is 0 Å². The molecule has 0 saturated carbocycles. The predicted molar refractivity (Wildman–Crippen MR) is 68.0 cm³/mol. The summed E-state index contributed by atoms with van der Waals surface area (Å²) in [7, 11) is 0. The number of hydrogen-bond acceptors (Lipinski definition) is 5. The fourth-order valence-corrected chi connectivity index (χ4v) is 1.44. The van der Waals surface area contributed by atoms with Crippen molar-refractivity contribution in [2.24, 2.45) is 0 Å². The lowest BCUT2D eigenvalue weighted by atomic mass is 10.0. The lowest BCUT2D eigenvalue weighted by Gasteiger charge is -2.12. The summed E-state index contributed by atoms with van der Waals surface area (Å²) >= 11 is 0.